The van der Waals surface area contributed by atoms with Crippen molar-refractivity contribution < 1.29 is 27.2 Å². The third-order valence-corrected chi connectivity index (χ3v) is 5.80. The number of nitrogens with two attached hydrogens (primary N) is 2. The van der Waals surface area contributed by atoms with E-state index < -0.39 is 0 Å². The van der Waals surface area contributed by atoms with Gasteiger partial charge in [-0.3, -0.25) is 15.9 Å². The topological polar surface area (TPSA) is 68.7 Å². The molecular weight excluding hydrogens is 288 g/mol. The molecule has 3 nitrogen and oxygen atoms in total. The van der Waals surface area contributed by atoms with E-state index in [0.29, 0.717) is 16.9 Å². The molecular formula is C11H19BrN2OS. The van der Waals surface area contributed by atoms with Crippen LogP contribution in [0.1, 0.15) is 33.6 Å². The van der Waals surface area contributed by atoms with E-state index in [1.54, 1.807) is 0 Å². The summed E-state index contributed by atoms with van der Waals surface area (Å²) in [4.78, 5) is 12.3. The van der Waals surface area contributed by atoms with Gasteiger partial charge < -0.3 is 17.0 Å². The lowest BCUT2D eigenvalue weighted by atomic mass is 9.70. The molecule has 0 amide bonds. The molecule has 2 rings (SSSR count). The number of rotatable bonds is 1. The molecule has 0 aromatic carbocycles. The van der Waals surface area contributed by atoms with Crippen LogP contribution >= 0.6 is 11.8 Å². The number of thioether (sulfide) groups is 1. The molecule has 3 atom stereocenters. The highest BCUT2D eigenvalue weighted by molar-refractivity contribution is 8.14. The third-order valence-electron chi connectivity index (χ3n) is 4.74. The van der Waals surface area contributed by atoms with Gasteiger partial charge in [-0.2, -0.15) is 0 Å². The Morgan fingerprint density at radius 1 is 1.50 bits per heavy atom. The average Bonchev–Trinajstić information content (AvgIpc) is 2.40. The van der Waals surface area contributed by atoms with Gasteiger partial charge in [0.25, 0.3) is 0 Å². The minimum absolute atomic E-state index is 0. The number of ketones is 1. The van der Waals surface area contributed by atoms with Crippen molar-refractivity contribution in [1.82, 2.24) is 0 Å². The van der Waals surface area contributed by atoms with Crippen LogP contribution in [0.15, 0.2) is 0 Å². The van der Waals surface area contributed by atoms with Gasteiger partial charge in [-0.15, -0.1) is 0 Å². The van der Waals surface area contributed by atoms with Crippen molar-refractivity contribution >= 4 is 22.7 Å². The maximum Gasteiger partial charge on any atom is 0.300 e. The predicted molar refractivity (Wildman–Crippen MR) is 62.1 cm³/mol. The fourth-order valence-electron chi connectivity index (χ4n) is 3.29. The van der Waals surface area contributed by atoms with E-state index in [0.717, 1.165) is 12.8 Å². The maximum atomic E-state index is 12.3. The molecule has 2 aliphatic carbocycles. The molecule has 2 bridgehead atoms. The smallest absolute Gasteiger partial charge is 0.300 e. The lowest BCUT2D eigenvalue weighted by Crippen LogP contribution is -3.00. The molecule has 2 saturated carbocycles. The maximum absolute atomic E-state index is 12.3. The first kappa shape index (κ1) is 14.0. The average molecular weight is 307 g/mol. The molecule has 0 heterocycles. The van der Waals surface area contributed by atoms with Gasteiger partial charge in [-0.25, -0.2) is 0 Å². The quantitative estimate of drug-likeness (QED) is 0.406. The standard InChI is InChI=1S/C11H18N2OS.BrH/c1-10(2)6-4-5-11(10,3)8(14)7(6)15-9(12)13;/h6-7H,4-5H2,1-3H3,(H3,12,13);1H. The Hall–Kier alpha value is -0.0300. The molecule has 92 valence electrons. The summed E-state index contributed by atoms with van der Waals surface area (Å²) in [5.74, 6) is 0.782. The highest BCUT2D eigenvalue weighted by Crippen LogP contribution is 2.65. The monoisotopic (exact) mass is 306 g/mol. The highest BCUT2D eigenvalue weighted by atomic mass is 79.9. The van der Waals surface area contributed by atoms with Crippen molar-refractivity contribution in [2.75, 3.05) is 0 Å². The Bertz CT molecular complexity index is 345. The first-order valence-electron chi connectivity index (χ1n) is 5.39. The van der Waals surface area contributed by atoms with Gasteiger partial charge in [-0.1, -0.05) is 20.8 Å². The molecule has 0 spiro atoms. The number of carbonyl (C=O) groups is 1. The zero-order chi connectivity index (χ0) is 11.4. The summed E-state index contributed by atoms with van der Waals surface area (Å²) in [5, 5.41) is 5.81. The fraction of sp³-hybridized carbons (Fsp3) is 0.818. The molecule has 0 saturated heterocycles. The molecule has 5 heteroatoms. The van der Waals surface area contributed by atoms with E-state index >= 15 is 0 Å². The molecule has 0 aromatic heterocycles. The summed E-state index contributed by atoms with van der Waals surface area (Å²) in [7, 11) is 0. The van der Waals surface area contributed by atoms with Gasteiger partial charge in [-0.05, 0) is 35.9 Å². The Kier molecular flexibility index (Phi) is 3.52. The first-order valence-corrected chi connectivity index (χ1v) is 6.27. The van der Waals surface area contributed by atoms with Crippen LogP contribution in [0, 0.1) is 16.7 Å². The summed E-state index contributed by atoms with van der Waals surface area (Å²) < 4.78 is 0. The summed E-state index contributed by atoms with van der Waals surface area (Å²) in [5.41, 5.74) is 5.44. The summed E-state index contributed by atoms with van der Waals surface area (Å²) in [6.07, 6.45) is 2.14. The lowest BCUT2D eigenvalue weighted by Gasteiger charge is -2.32. The summed E-state index contributed by atoms with van der Waals surface area (Å²) >= 11 is 1.36. The zero-order valence-electron chi connectivity index (χ0n) is 9.92. The molecule has 3 unspecified atom stereocenters. The number of Topliss-reactive ketones (excluding diaryl/α,β-unsaturated/α-hetero) is 1. The van der Waals surface area contributed by atoms with Gasteiger partial charge in [0.05, 0.1) is 5.25 Å². The van der Waals surface area contributed by atoms with Crippen molar-refractivity contribution in [1.29, 1.82) is 0 Å². The molecule has 0 aromatic rings. The van der Waals surface area contributed by atoms with E-state index in [-0.39, 0.29) is 33.1 Å². The van der Waals surface area contributed by atoms with Crippen LogP contribution in [0.2, 0.25) is 0 Å². The Balaban J connectivity index is 0.00000128. The number of carbonyl (C=O) groups excluding carboxylic acids is 1. The minimum atomic E-state index is -0.162. The van der Waals surface area contributed by atoms with Crippen LogP contribution in [0.4, 0.5) is 0 Å². The molecule has 2 aliphatic rings. The van der Waals surface area contributed by atoms with Crippen molar-refractivity contribution in [3.63, 3.8) is 0 Å². The second-order valence-corrected chi connectivity index (χ2v) is 6.72. The Morgan fingerprint density at radius 3 is 2.44 bits per heavy atom. The van der Waals surface area contributed by atoms with E-state index in [9.17, 15) is 4.79 Å². The number of amidine groups is 1. The van der Waals surface area contributed by atoms with Crippen LogP contribution in [-0.4, -0.2) is 16.2 Å². The predicted octanol–water partition coefficient (Wildman–Crippen LogP) is -2.81. The van der Waals surface area contributed by atoms with E-state index in [2.05, 4.69) is 20.8 Å². The number of fused-ring (bicyclic) bond motifs is 2. The molecule has 4 N–H and O–H groups in total. The fourth-order valence-corrected chi connectivity index (χ4v) is 4.59. The summed E-state index contributed by atoms with van der Waals surface area (Å²) in [6, 6.07) is 0. The van der Waals surface area contributed by atoms with Crippen LogP contribution in [0.25, 0.3) is 0 Å². The largest absolute Gasteiger partial charge is 1.00 e. The van der Waals surface area contributed by atoms with E-state index in [4.69, 9.17) is 11.1 Å². The van der Waals surface area contributed by atoms with Gasteiger partial charge in [0.1, 0.15) is 0 Å². The van der Waals surface area contributed by atoms with E-state index in [1.165, 1.54) is 11.8 Å². The second kappa shape index (κ2) is 4.02. The first-order chi connectivity index (χ1) is 6.80. The molecule has 2 fully saturated rings. The van der Waals surface area contributed by atoms with Crippen LogP contribution in [0.5, 0.6) is 0 Å². The lowest BCUT2D eigenvalue weighted by molar-refractivity contribution is -0.128. The van der Waals surface area contributed by atoms with Crippen LogP contribution in [0.3, 0.4) is 0 Å². The molecule has 0 radical (unpaired) electrons. The van der Waals surface area contributed by atoms with Gasteiger partial charge in [0, 0.05) is 5.41 Å². The zero-order valence-corrected chi connectivity index (χ0v) is 12.3. The summed E-state index contributed by atoms with van der Waals surface area (Å²) in [6.45, 7) is 6.51. The number of halogens is 1. The van der Waals surface area contributed by atoms with Crippen molar-refractivity contribution in [2.24, 2.45) is 22.5 Å². The van der Waals surface area contributed by atoms with Crippen LogP contribution < -0.4 is 28.1 Å². The van der Waals surface area contributed by atoms with Gasteiger partial charge in [0.15, 0.2) is 5.78 Å². The van der Waals surface area contributed by atoms with Crippen molar-refractivity contribution in [2.45, 2.75) is 38.9 Å². The normalized spacial score (nSPS) is 39.6. The van der Waals surface area contributed by atoms with Crippen molar-refractivity contribution in [3.8, 4) is 0 Å². The van der Waals surface area contributed by atoms with Gasteiger partial charge in [0.2, 0.25) is 0 Å². The Morgan fingerprint density at radius 2 is 2.06 bits per heavy atom. The van der Waals surface area contributed by atoms with Crippen LogP contribution in [-0.2, 0) is 4.79 Å². The molecule has 0 aliphatic heterocycles. The van der Waals surface area contributed by atoms with Crippen molar-refractivity contribution in [3.05, 3.63) is 0 Å². The van der Waals surface area contributed by atoms with E-state index in [1.807, 2.05) is 0 Å². The Labute approximate surface area is 111 Å². The third kappa shape index (κ3) is 1.55. The number of hydrogen-bond acceptors (Lipinski definition) is 2. The highest BCUT2D eigenvalue weighted by Gasteiger charge is 2.66. The second-order valence-electron chi connectivity index (χ2n) is 5.50. The SMILES string of the molecule is CC12CCC(C(SC(N)=[NH2+])C1=O)C2(C)C.[Br-]. The molecule has 16 heavy (non-hydrogen) atoms. The number of hydrogen-bond donors (Lipinski definition) is 2. The minimum Gasteiger partial charge on any atom is -1.00 e. The van der Waals surface area contributed by atoms with Gasteiger partial charge >= 0.3 is 5.17 Å².